The Morgan fingerprint density at radius 1 is 1.30 bits per heavy atom. The number of carbonyl (C=O) groups is 1. The predicted molar refractivity (Wildman–Crippen MR) is 125 cm³/mol. The molecule has 3 N–H and O–H groups in total. The molecule has 0 aromatic heterocycles. The Hall–Kier alpha value is -2.79. The van der Waals surface area contributed by atoms with E-state index < -0.39 is 0 Å². The summed E-state index contributed by atoms with van der Waals surface area (Å²) in [5.41, 5.74) is 4.28. The first-order valence-corrected chi connectivity index (χ1v) is 10.7. The van der Waals surface area contributed by atoms with Crippen LogP contribution in [0.3, 0.4) is 0 Å². The molecular weight excluding hydrogens is 374 g/mol. The maximum atomic E-state index is 12.7. The Labute approximate surface area is 179 Å². The van der Waals surface area contributed by atoms with Crippen LogP contribution in [-0.4, -0.2) is 30.4 Å². The van der Waals surface area contributed by atoms with Crippen LogP contribution in [0.2, 0.25) is 0 Å². The summed E-state index contributed by atoms with van der Waals surface area (Å²) in [5, 5.41) is 19.6. The number of benzene rings is 1. The molecule has 1 aliphatic rings. The molecule has 0 unspecified atom stereocenters. The molecule has 5 heteroatoms. The van der Waals surface area contributed by atoms with E-state index in [1.807, 2.05) is 43.4 Å². The number of nitrogens with one attached hydrogen (secondary N) is 3. The molecule has 0 radical (unpaired) electrons. The van der Waals surface area contributed by atoms with E-state index in [0.29, 0.717) is 43.0 Å². The van der Waals surface area contributed by atoms with Gasteiger partial charge in [-0.05, 0) is 49.4 Å². The molecule has 1 aromatic rings. The molecule has 30 heavy (non-hydrogen) atoms. The summed E-state index contributed by atoms with van der Waals surface area (Å²) in [7, 11) is 0. The lowest BCUT2D eigenvalue weighted by Gasteiger charge is -2.14. The second kappa shape index (κ2) is 12.7. The third-order valence-electron chi connectivity index (χ3n) is 4.96. The van der Waals surface area contributed by atoms with E-state index in [1.165, 1.54) is 0 Å². The van der Waals surface area contributed by atoms with Crippen molar-refractivity contribution >= 4 is 22.9 Å². The quantitative estimate of drug-likeness (QED) is 0.165. The van der Waals surface area contributed by atoms with E-state index in [0.717, 1.165) is 42.6 Å². The average Bonchev–Trinajstić information content (AvgIpc) is 2.94. The zero-order chi connectivity index (χ0) is 21.8. The normalized spacial score (nSPS) is 13.5. The van der Waals surface area contributed by atoms with E-state index in [4.69, 9.17) is 15.6 Å². The van der Waals surface area contributed by atoms with Gasteiger partial charge in [0.25, 0.3) is 0 Å². The van der Waals surface area contributed by atoms with Gasteiger partial charge in [0.05, 0.1) is 18.0 Å². The Morgan fingerprint density at radius 3 is 2.90 bits per heavy atom. The predicted octanol–water partition coefficient (Wildman–Crippen LogP) is 5.88. The highest BCUT2D eigenvalue weighted by molar-refractivity contribution is 6.09. The van der Waals surface area contributed by atoms with Gasteiger partial charge in [-0.3, -0.25) is 4.79 Å². The highest BCUT2D eigenvalue weighted by Gasteiger charge is 2.14. The van der Waals surface area contributed by atoms with Crippen LogP contribution < -0.4 is 5.32 Å². The minimum Gasteiger partial charge on any atom is -0.381 e. The third kappa shape index (κ3) is 7.56. The van der Waals surface area contributed by atoms with Gasteiger partial charge in [0.2, 0.25) is 0 Å². The van der Waals surface area contributed by atoms with Crippen LogP contribution >= 0.6 is 0 Å². The van der Waals surface area contributed by atoms with Crippen molar-refractivity contribution in [1.29, 1.82) is 10.8 Å². The van der Waals surface area contributed by atoms with Crippen LogP contribution in [0.5, 0.6) is 0 Å². The van der Waals surface area contributed by atoms with Crippen LogP contribution in [0.1, 0.15) is 61.4 Å². The number of ether oxygens (including phenoxy) is 1. The van der Waals surface area contributed by atoms with Crippen molar-refractivity contribution in [3.8, 4) is 0 Å². The molecule has 0 heterocycles. The van der Waals surface area contributed by atoms with Crippen LogP contribution in [-0.2, 0) is 11.2 Å². The van der Waals surface area contributed by atoms with Crippen LogP contribution in [0.25, 0.3) is 0 Å². The van der Waals surface area contributed by atoms with Gasteiger partial charge < -0.3 is 20.9 Å². The number of hydrogen-bond acceptors (Lipinski definition) is 5. The monoisotopic (exact) mass is 407 g/mol. The number of carbonyl (C=O) groups excluding carboxylic acids is 1. The van der Waals surface area contributed by atoms with Gasteiger partial charge >= 0.3 is 0 Å². The minimum atomic E-state index is -0.0271. The summed E-state index contributed by atoms with van der Waals surface area (Å²) in [6, 6.07) is 5.69. The molecule has 2 rings (SSSR count). The Balaban J connectivity index is 1.92. The first-order valence-electron chi connectivity index (χ1n) is 10.7. The van der Waals surface area contributed by atoms with Crippen LogP contribution in [0, 0.1) is 10.8 Å². The molecule has 0 saturated carbocycles. The van der Waals surface area contributed by atoms with E-state index in [2.05, 4.69) is 18.0 Å². The van der Waals surface area contributed by atoms with Crippen molar-refractivity contribution in [2.45, 2.75) is 51.9 Å². The Bertz CT molecular complexity index is 837. The molecule has 0 aliphatic heterocycles. The Kier molecular flexibility index (Phi) is 9.95. The molecular formula is C25H33N3O2. The Morgan fingerprint density at radius 2 is 2.13 bits per heavy atom. The van der Waals surface area contributed by atoms with Gasteiger partial charge in [-0.15, -0.1) is 6.58 Å². The summed E-state index contributed by atoms with van der Waals surface area (Å²) in [4.78, 5) is 12.7. The average molecular weight is 408 g/mol. The number of Topliss-reactive ketones (excluding diaryl/α,β-unsaturated/α-hetero) is 1. The highest BCUT2D eigenvalue weighted by atomic mass is 16.5. The van der Waals surface area contributed by atoms with Crippen molar-refractivity contribution in [2.24, 2.45) is 0 Å². The number of ketones is 1. The molecule has 0 atom stereocenters. The molecule has 1 aromatic carbocycles. The summed E-state index contributed by atoms with van der Waals surface area (Å²) in [6.07, 6.45) is 12.6. The number of rotatable bonds is 13. The van der Waals surface area contributed by atoms with Crippen molar-refractivity contribution in [2.75, 3.05) is 18.5 Å². The molecule has 0 amide bonds. The molecule has 160 valence electrons. The molecule has 5 nitrogen and oxygen atoms in total. The van der Waals surface area contributed by atoms with Gasteiger partial charge in [-0.2, -0.15) is 0 Å². The molecule has 1 aliphatic carbocycles. The maximum Gasteiger partial charge on any atom is 0.168 e. The second-order valence-electron chi connectivity index (χ2n) is 7.35. The van der Waals surface area contributed by atoms with E-state index in [-0.39, 0.29) is 12.2 Å². The summed E-state index contributed by atoms with van der Waals surface area (Å²) < 4.78 is 5.51. The lowest BCUT2D eigenvalue weighted by Crippen LogP contribution is -2.13. The van der Waals surface area contributed by atoms with Gasteiger partial charge in [0, 0.05) is 42.8 Å². The fourth-order valence-electron chi connectivity index (χ4n) is 3.24. The van der Waals surface area contributed by atoms with E-state index in [1.54, 1.807) is 0 Å². The van der Waals surface area contributed by atoms with Gasteiger partial charge in [0.1, 0.15) is 0 Å². The van der Waals surface area contributed by atoms with Crippen molar-refractivity contribution < 1.29 is 9.53 Å². The summed E-state index contributed by atoms with van der Waals surface area (Å²) in [5.74, 6) is -0.0271. The van der Waals surface area contributed by atoms with E-state index in [9.17, 15) is 4.79 Å². The number of hydrogen-bond donors (Lipinski definition) is 3. The van der Waals surface area contributed by atoms with Gasteiger partial charge in [-0.25, -0.2) is 0 Å². The van der Waals surface area contributed by atoms with E-state index >= 15 is 0 Å². The number of allylic oxidation sites excluding steroid dienone is 5. The second-order valence-corrected chi connectivity index (χ2v) is 7.35. The van der Waals surface area contributed by atoms with Crippen molar-refractivity contribution in [1.82, 2.24) is 0 Å². The van der Waals surface area contributed by atoms with Crippen molar-refractivity contribution in [3.63, 3.8) is 0 Å². The first-order chi connectivity index (χ1) is 14.5. The standard InChI is InChI=1S/C25H33N3O2/c1-3-5-9-15-30-16-14-20(26)18-25(29)22-13-12-21(17-19(22)4-2)28-24-11-8-6-7-10-23(24)27/h3,6-7,11-13,17,26-28H,1,4-5,8-10,14-16,18H2,2H3. The molecule has 0 fully saturated rings. The number of aryl methyl sites for hydroxylation is 1. The SMILES string of the molecule is C=CCCCOCCC(=N)CC(=O)c1ccc(NC2=CCC=CCC2=N)cc1CC. The van der Waals surface area contributed by atoms with Gasteiger partial charge in [-0.1, -0.05) is 31.2 Å². The zero-order valence-electron chi connectivity index (χ0n) is 17.9. The van der Waals surface area contributed by atoms with Crippen LogP contribution in [0.4, 0.5) is 5.69 Å². The fraction of sp³-hybridized carbons (Fsp3) is 0.400. The minimum absolute atomic E-state index is 0.0271. The largest absolute Gasteiger partial charge is 0.381 e. The smallest absolute Gasteiger partial charge is 0.168 e. The van der Waals surface area contributed by atoms with Gasteiger partial charge in [0.15, 0.2) is 5.78 Å². The lowest BCUT2D eigenvalue weighted by molar-refractivity contribution is 0.0997. The number of unbranched alkanes of at least 4 members (excludes halogenated alkanes) is 1. The lowest BCUT2D eigenvalue weighted by atomic mass is 9.97. The fourth-order valence-corrected chi connectivity index (χ4v) is 3.24. The maximum absolute atomic E-state index is 12.7. The molecule has 0 saturated heterocycles. The zero-order valence-corrected chi connectivity index (χ0v) is 17.9. The summed E-state index contributed by atoms with van der Waals surface area (Å²) >= 11 is 0. The summed E-state index contributed by atoms with van der Waals surface area (Å²) in [6.45, 7) is 6.83. The molecule has 0 spiro atoms. The number of anilines is 1. The van der Waals surface area contributed by atoms with Crippen molar-refractivity contribution in [3.05, 3.63) is 65.9 Å². The topological polar surface area (TPSA) is 86.0 Å². The highest BCUT2D eigenvalue weighted by Crippen LogP contribution is 2.21. The molecule has 0 bridgehead atoms. The third-order valence-corrected chi connectivity index (χ3v) is 4.96. The van der Waals surface area contributed by atoms with Crippen LogP contribution in [0.15, 0.2) is 54.8 Å². The first kappa shape index (κ1) is 23.5.